The number of hydrogen-bond acceptors (Lipinski definition) is 3. The maximum absolute atomic E-state index is 11.7. The highest BCUT2D eigenvalue weighted by molar-refractivity contribution is 7.99. The van der Waals surface area contributed by atoms with Crippen LogP contribution in [-0.4, -0.2) is 52.1 Å². The number of urea groups is 1. The van der Waals surface area contributed by atoms with Gasteiger partial charge in [0.05, 0.1) is 0 Å². The molecule has 1 aromatic heterocycles. The number of rotatable bonds is 7. The summed E-state index contributed by atoms with van der Waals surface area (Å²) in [6.07, 6.45) is 3.70. The molecule has 2 amide bonds. The standard InChI is InChI=1S/C12H22N4OS/c1-4-18-10-6-14-12(17)15(3)8-9-16-7-5-13-11(16)2/h5,7H,4,6,8-10H2,1-3H3,(H,14,17). The molecule has 1 aromatic rings. The van der Waals surface area contributed by atoms with Crippen LogP contribution in [0.15, 0.2) is 12.4 Å². The number of nitrogens with zero attached hydrogens (tertiary/aromatic N) is 3. The van der Waals surface area contributed by atoms with E-state index in [-0.39, 0.29) is 6.03 Å². The van der Waals surface area contributed by atoms with E-state index in [1.807, 2.05) is 36.5 Å². The largest absolute Gasteiger partial charge is 0.337 e. The summed E-state index contributed by atoms with van der Waals surface area (Å²) in [4.78, 5) is 17.6. The van der Waals surface area contributed by atoms with Crippen LogP contribution in [-0.2, 0) is 6.54 Å². The first-order valence-electron chi connectivity index (χ1n) is 6.19. The molecule has 1 rings (SSSR count). The number of likely N-dealkylation sites (N-methyl/N-ethyl adjacent to an activating group) is 1. The number of hydrogen-bond donors (Lipinski definition) is 1. The minimum Gasteiger partial charge on any atom is -0.337 e. The zero-order chi connectivity index (χ0) is 13.4. The van der Waals surface area contributed by atoms with Crippen LogP contribution < -0.4 is 5.32 Å². The first-order chi connectivity index (χ1) is 8.65. The van der Waals surface area contributed by atoms with Crippen LogP contribution in [0.5, 0.6) is 0 Å². The van der Waals surface area contributed by atoms with Gasteiger partial charge < -0.3 is 14.8 Å². The molecule has 0 bridgehead atoms. The Morgan fingerprint density at radius 1 is 1.61 bits per heavy atom. The van der Waals surface area contributed by atoms with Crippen LogP contribution in [0.1, 0.15) is 12.7 Å². The second-order valence-electron chi connectivity index (χ2n) is 4.02. The molecule has 0 radical (unpaired) electrons. The summed E-state index contributed by atoms with van der Waals surface area (Å²) >= 11 is 1.83. The molecule has 1 heterocycles. The van der Waals surface area contributed by atoms with Crippen molar-refractivity contribution in [2.75, 3.05) is 31.6 Å². The fourth-order valence-corrected chi connectivity index (χ4v) is 2.04. The summed E-state index contributed by atoms with van der Waals surface area (Å²) in [5, 5.41) is 2.90. The lowest BCUT2D eigenvalue weighted by atomic mass is 10.5. The van der Waals surface area contributed by atoms with Crippen LogP contribution in [0.2, 0.25) is 0 Å². The molecule has 0 atom stereocenters. The van der Waals surface area contributed by atoms with Crippen LogP contribution in [0.3, 0.4) is 0 Å². The van der Waals surface area contributed by atoms with Crippen LogP contribution >= 0.6 is 11.8 Å². The van der Waals surface area contributed by atoms with E-state index in [9.17, 15) is 4.79 Å². The topological polar surface area (TPSA) is 50.2 Å². The van der Waals surface area contributed by atoms with Crippen molar-refractivity contribution in [1.29, 1.82) is 0 Å². The highest BCUT2D eigenvalue weighted by Crippen LogP contribution is 1.97. The zero-order valence-corrected chi connectivity index (χ0v) is 12.2. The number of aryl methyl sites for hydroxylation is 1. The average Bonchev–Trinajstić information content (AvgIpc) is 2.77. The fraction of sp³-hybridized carbons (Fsp3) is 0.667. The van der Waals surface area contributed by atoms with E-state index in [4.69, 9.17) is 0 Å². The molecule has 0 aliphatic heterocycles. The number of aromatic nitrogens is 2. The van der Waals surface area contributed by atoms with Gasteiger partial charge in [-0.3, -0.25) is 0 Å². The van der Waals surface area contributed by atoms with Crippen molar-refractivity contribution in [3.05, 3.63) is 18.2 Å². The Morgan fingerprint density at radius 3 is 3.00 bits per heavy atom. The minimum absolute atomic E-state index is 0.00975. The average molecular weight is 270 g/mol. The second kappa shape index (κ2) is 8.02. The molecule has 102 valence electrons. The zero-order valence-electron chi connectivity index (χ0n) is 11.3. The Labute approximate surface area is 113 Å². The Hall–Kier alpha value is -1.17. The van der Waals surface area contributed by atoms with E-state index in [1.165, 1.54) is 0 Å². The van der Waals surface area contributed by atoms with Gasteiger partial charge in [0.15, 0.2) is 0 Å². The van der Waals surface area contributed by atoms with Crippen molar-refractivity contribution in [3.63, 3.8) is 0 Å². The van der Waals surface area contributed by atoms with Crippen LogP contribution in [0, 0.1) is 6.92 Å². The van der Waals surface area contributed by atoms with Gasteiger partial charge in [0, 0.05) is 44.8 Å². The summed E-state index contributed by atoms with van der Waals surface area (Å²) in [7, 11) is 1.81. The van der Waals surface area contributed by atoms with Crippen LogP contribution in [0.4, 0.5) is 4.79 Å². The van der Waals surface area contributed by atoms with Crippen molar-refractivity contribution in [2.45, 2.75) is 20.4 Å². The summed E-state index contributed by atoms with van der Waals surface area (Å²) in [5.74, 6) is 3.03. The van der Waals surface area contributed by atoms with Gasteiger partial charge in [0.2, 0.25) is 0 Å². The second-order valence-corrected chi connectivity index (χ2v) is 5.41. The van der Waals surface area contributed by atoms with E-state index >= 15 is 0 Å². The molecule has 0 aliphatic rings. The Kier molecular flexibility index (Phi) is 6.64. The van der Waals surface area contributed by atoms with Crippen molar-refractivity contribution in [2.24, 2.45) is 0 Å². The van der Waals surface area contributed by atoms with E-state index in [1.54, 1.807) is 11.1 Å². The van der Waals surface area contributed by atoms with Gasteiger partial charge in [-0.15, -0.1) is 0 Å². The quantitative estimate of drug-likeness (QED) is 0.765. The van der Waals surface area contributed by atoms with Crippen molar-refractivity contribution in [3.8, 4) is 0 Å². The van der Waals surface area contributed by atoms with E-state index in [0.717, 1.165) is 30.4 Å². The highest BCUT2D eigenvalue weighted by atomic mass is 32.2. The Balaban J connectivity index is 2.21. The predicted octanol–water partition coefficient (Wildman–Crippen LogP) is 1.59. The fourth-order valence-electron chi connectivity index (χ4n) is 1.51. The molecule has 0 spiro atoms. The molecule has 18 heavy (non-hydrogen) atoms. The summed E-state index contributed by atoms with van der Waals surface area (Å²) < 4.78 is 2.04. The SMILES string of the molecule is CCSCCNC(=O)N(C)CCn1ccnc1C. The third-order valence-corrected chi connectivity index (χ3v) is 3.57. The van der Waals surface area contributed by atoms with Crippen molar-refractivity contribution >= 4 is 17.8 Å². The van der Waals surface area contributed by atoms with Gasteiger partial charge >= 0.3 is 6.03 Å². The van der Waals surface area contributed by atoms with Gasteiger partial charge in [-0.05, 0) is 12.7 Å². The number of carbonyl (C=O) groups excluding carboxylic acids is 1. The molecule has 0 saturated carbocycles. The number of carbonyl (C=O) groups is 1. The highest BCUT2D eigenvalue weighted by Gasteiger charge is 2.07. The number of imidazole rings is 1. The van der Waals surface area contributed by atoms with E-state index < -0.39 is 0 Å². The summed E-state index contributed by atoms with van der Waals surface area (Å²) in [6.45, 7) is 6.27. The third kappa shape index (κ3) is 5.00. The number of amides is 2. The maximum Gasteiger partial charge on any atom is 0.317 e. The van der Waals surface area contributed by atoms with Gasteiger partial charge in [-0.2, -0.15) is 11.8 Å². The molecule has 6 heteroatoms. The lowest BCUT2D eigenvalue weighted by Gasteiger charge is -2.18. The summed E-state index contributed by atoms with van der Waals surface area (Å²) in [5.41, 5.74) is 0. The van der Waals surface area contributed by atoms with Gasteiger partial charge in [0.1, 0.15) is 5.82 Å². The van der Waals surface area contributed by atoms with Crippen molar-refractivity contribution < 1.29 is 4.79 Å². The number of nitrogens with one attached hydrogen (secondary N) is 1. The number of thioether (sulfide) groups is 1. The minimum atomic E-state index is -0.00975. The molecular weight excluding hydrogens is 248 g/mol. The molecule has 0 aromatic carbocycles. The van der Waals surface area contributed by atoms with Crippen molar-refractivity contribution in [1.82, 2.24) is 19.8 Å². The first-order valence-corrected chi connectivity index (χ1v) is 7.35. The first kappa shape index (κ1) is 14.9. The smallest absolute Gasteiger partial charge is 0.317 e. The van der Waals surface area contributed by atoms with Gasteiger partial charge in [-0.25, -0.2) is 9.78 Å². The molecule has 5 nitrogen and oxygen atoms in total. The maximum atomic E-state index is 11.7. The molecule has 0 fully saturated rings. The molecule has 0 unspecified atom stereocenters. The molecule has 0 saturated heterocycles. The molecule has 1 N–H and O–H groups in total. The lowest BCUT2D eigenvalue weighted by molar-refractivity contribution is 0.207. The van der Waals surface area contributed by atoms with Crippen LogP contribution in [0.25, 0.3) is 0 Å². The lowest BCUT2D eigenvalue weighted by Crippen LogP contribution is -2.39. The predicted molar refractivity (Wildman–Crippen MR) is 76.0 cm³/mol. The van der Waals surface area contributed by atoms with E-state index in [0.29, 0.717) is 6.54 Å². The van der Waals surface area contributed by atoms with E-state index in [2.05, 4.69) is 17.2 Å². The molecule has 0 aliphatic carbocycles. The van der Waals surface area contributed by atoms with Gasteiger partial charge in [0.25, 0.3) is 0 Å². The summed E-state index contributed by atoms with van der Waals surface area (Å²) in [6, 6.07) is -0.00975. The van der Waals surface area contributed by atoms with Gasteiger partial charge in [-0.1, -0.05) is 6.92 Å². The Morgan fingerprint density at radius 2 is 2.39 bits per heavy atom. The monoisotopic (exact) mass is 270 g/mol. The molecular formula is C12H22N4OS. The normalized spacial score (nSPS) is 10.4. The third-order valence-electron chi connectivity index (χ3n) is 2.67. The Bertz CT molecular complexity index is 367.